The van der Waals surface area contributed by atoms with Crippen LogP contribution in [-0.2, 0) is 4.79 Å². The van der Waals surface area contributed by atoms with Gasteiger partial charge < -0.3 is 5.11 Å². The van der Waals surface area contributed by atoms with Gasteiger partial charge in [0.2, 0.25) is 0 Å². The van der Waals surface area contributed by atoms with Crippen molar-refractivity contribution in [3.05, 3.63) is 12.2 Å². The molecule has 1 aliphatic rings. The van der Waals surface area contributed by atoms with Gasteiger partial charge in [0.15, 0.2) is 0 Å². The van der Waals surface area contributed by atoms with E-state index < -0.39 is 16.7 Å². The molecule has 0 bridgehead atoms. The Kier molecular flexibility index (Phi) is 2.79. The van der Waals surface area contributed by atoms with E-state index in [2.05, 4.69) is 0 Å². The number of hydrogen-bond acceptors (Lipinski definition) is 1. The smallest absolute Gasteiger partial charge is 0.307 e. The second-order valence-corrected chi connectivity index (χ2v) is 3.68. The fraction of sp³-hybridized carbons (Fsp3) is 0.571. The zero-order chi connectivity index (χ0) is 8.43. The van der Waals surface area contributed by atoms with E-state index >= 15 is 0 Å². The van der Waals surface area contributed by atoms with Crippen molar-refractivity contribution < 1.29 is 9.90 Å². The molecule has 62 valence electrons. The second kappa shape index (κ2) is 3.46. The van der Waals surface area contributed by atoms with Crippen molar-refractivity contribution in [3.63, 3.8) is 0 Å². The third kappa shape index (κ3) is 1.88. The molecule has 0 radical (unpaired) electrons. The van der Waals surface area contributed by atoms with Crippen molar-refractivity contribution in [1.82, 2.24) is 0 Å². The maximum Gasteiger partial charge on any atom is 0.307 e. The Bertz CT molecular complexity index is 189. The van der Waals surface area contributed by atoms with E-state index in [1.807, 2.05) is 0 Å². The highest BCUT2D eigenvalue weighted by Gasteiger charge is 2.32. The van der Waals surface area contributed by atoms with Crippen LogP contribution in [0, 0.1) is 11.8 Å². The Morgan fingerprint density at radius 3 is 2.64 bits per heavy atom. The molecule has 2 atom stereocenters. The summed E-state index contributed by atoms with van der Waals surface area (Å²) in [5.41, 5.74) is 0. The molecule has 11 heavy (non-hydrogen) atoms. The van der Waals surface area contributed by atoms with Crippen molar-refractivity contribution in [2.45, 2.75) is 11.3 Å². The molecule has 0 unspecified atom stereocenters. The summed E-state index contributed by atoms with van der Waals surface area (Å²) in [5.74, 6) is -1.49. The number of alkyl halides is 2. The van der Waals surface area contributed by atoms with Gasteiger partial charge in [-0.3, -0.25) is 4.79 Å². The molecule has 0 amide bonds. The van der Waals surface area contributed by atoms with E-state index in [9.17, 15) is 4.79 Å². The Hall–Kier alpha value is -0.210. The van der Waals surface area contributed by atoms with E-state index in [1.165, 1.54) is 0 Å². The molecular weight excluding hydrogens is 187 g/mol. The van der Waals surface area contributed by atoms with E-state index in [0.29, 0.717) is 6.42 Å². The summed E-state index contributed by atoms with van der Waals surface area (Å²) in [6.07, 6.45) is 4.11. The number of aliphatic carboxylic acids is 1. The minimum absolute atomic E-state index is 0.226. The predicted molar refractivity (Wildman–Crippen MR) is 43.9 cm³/mol. The molecule has 0 aliphatic heterocycles. The average Bonchev–Trinajstić information content (AvgIpc) is 2.32. The van der Waals surface area contributed by atoms with Crippen LogP contribution in [0.5, 0.6) is 0 Å². The Morgan fingerprint density at radius 2 is 2.27 bits per heavy atom. The van der Waals surface area contributed by atoms with Gasteiger partial charge in [0, 0.05) is 5.92 Å². The monoisotopic (exact) mass is 194 g/mol. The van der Waals surface area contributed by atoms with E-state index in [4.69, 9.17) is 28.3 Å². The zero-order valence-corrected chi connectivity index (χ0v) is 7.22. The summed E-state index contributed by atoms with van der Waals surface area (Å²) in [6, 6.07) is 0. The number of halogens is 2. The van der Waals surface area contributed by atoms with Crippen LogP contribution < -0.4 is 0 Å². The van der Waals surface area contributed by atoms with Gasteiger partial charge in [-0.15, -0.1) is 23.2 Å². The molecule has 1 rings (SSSR count). The van der Waals surface area contributed by atoms with Crippen LogP contribution in [-0.4, -0.2) is 15.9 Å². The molecule has 1 aliphatic carbocycles. The van der Waals surface area contributed by atoms with Crippen LogP contribution in [0.3, 0.4) is 0 Å². The highest BCUT2D eigenvalue weighted by molar-refractivity contribution is 6.44. The molecule has 0 fully saturated rings. The molecule has 0 saturated heterocycles. The van der Waals surface area contributed by atoms with Crippen LogP contribution in [0.2, 0.25) is 0 Å². The Labute approximate surface area is 74.8 Å². The van der Waals surface area contributed by atoms with Crippen LogP contribution in [0.4, 0.5) is 0 Å². The molecule has 0 aromatic rings. The van der Waals surface area contributed by atoms with E-state index in [0.717, 1.165) is 0 Å². The zero-order valence-electron chi connectivity index (χ0n) is 5.71. The van der Waals surface area contributed by atoms with Crippen molar-refractivity contribution in [2.24, 2.45) is 11.8 Å². The van der Waals surface area contributed by atoms with Crippen molar-refractivity contribution in [2.75, 3.05) is 0 Å². The fourth-order valence-electron chi connectivity index (χ4n) is 1.20. The summed E-state index contributed by atoms with van der Waals surface area (Å²) < 4.78 is 0. The lowest BCUT2D eigenvalue weighted by Gasteiger charge is -2.15. The van der Waals surface area contributed by atoms with Gasteiger partial charge in [0.1, 0.15) is 4.84 Å². The van der Waals surface area contributed by atoms with Crippen LogP contribution in [0.25, 0.3) is 0 Å². The van der Waals surface area contributed by atoms with Gasteiger partial charge in [-0.1, -0.05) is 12.2 Å². The lowest BCUT2D eigenvalue weighted by Crippen LogP contribution is -2.22. The molecule has 2 nitrogen and oxygen atoms in total. The first kappa shape index (κ1) is 8.88. The molecule has 0 saturated carbocycles. The van der Waals surface area contributed by atoms with Crippen molar-refractivity contribution >= 4 is 29.2 Å². The third-order valence-corrected chi connectivity index (χ3v) is 2.40. The average molecular weight is 195 g/mol. The largest absolute Gasteiger partial charge is 0.481 e. The first-order valence-corrected chi connectivity index (χ1v) is 4.18. The molecule has 4 heteroatoms. The van der Waals surface area contributed by atoms with Gasteiger partial charge in [-0.05, 0) is 6.42 Å². The number of rotatable bonds is 2. The predicted octanol–water partition coefficient (Wildman–Crippen LogP) is 2.07. The number of carbonyl (C=O) groups is 1. The highest BCUT2D eigenvalue weighted by Crippen LogP contribution is 2.32. The van der Waals surface area contributed by atoms with Crippen molar-refractivity contribution in [3.8, 4) is 0 Å². The van der Waals surface area contributed by atoms with Gasteiger partial charge in [-0.25, -0.2) is 0 Å². The molecule has 0 heterocycles. The van der Waals surface area contributed by atoms with E-state index in [-0.39, 0.29) is 5.92 Å². The molecule has 0 spiro atoms. The fourth-order valence-corrected chi connectivity index (χ4v) is 1.72. The minimum Gasteiger partial charge on any atom is -0.481 e. The number of carboxylic acid groups (broad SMARTS) is 1. The van der Waals surface area contributed by atoms with Crippen LogP contribution in [0.15, 0.2) is 12.2 Å². The molecule has 1 N–H and O–H groups in total. The normalized spacial score (nSPS) is 29.7. The van der Waals surface area contributed by atoms with E-state index in [1.54, 1.807) is 12.2 Å². The third-order valence-electron chi connectivity index (χ3n) is 1.82. The number of hydrogen-bond donors (Lipinski definition) is 1. The van der Waals surface area contributed by atoms with Gasteiger partial charge in [-0.2, -0.15) is 0 Å². The SMILES string of the molecule is O=C(O)[C@@H]1CC=C[C@@H]1C(Cl)Cl. The first-order chi connectivity index (χ1) is 5.13. The van der Waals surface area contributed by atoms with Gasteiger partial charge in [0.05, 0.1) is 5.92 Å². The summed E-state index contributed by atoms with van der Waals surface area (Å²) in [7, 11) is 0. The molecule has 0 aromatic carbocycles. The summed E-state index contributed by atoms with van der Waals surface area (Å²) in [6.45, 7) is 0. The number of allylic oxidation sites excluding steroid dienone is 2. The van der Waals surface area contributed by atoms with Gasteiger partial charge in [0.25, 0.3) is 0 Å². The lowest BCUT2D eigenvalue weighted by molar-refractivity contribution is -0.142. The number of carboxylic acids is 1. The van der Waals surface area contributed by atoms with Gasteiger partial charge >= 0.3 is 5.97 Å². The molecule has 0 aromatic heterocycles. The summed E-state index contributed by atoms with van der Waals surface area (Å²) >= 11 is 11.1. The Morgan fingerprint density at radius 1 is 1.64 bits per heavy atom. The minimum atomic E-state index is -0.827. The summed E-state index contributed by atoms with van der Waals surface area (Å²) in [4.78, 5) is 9.94. The van der Waals surface area contributed by atoms with Crippen LogP contribution in [0.1, 0.15) is 6.42 Å². The second-order valence-electron chi connectivity index (χ2n) is 2.52. The first-order valence-electron chi connectivity index (χ1n) is 3.30. The van der Waals surface area contributed by atoms with Crippen LogP contribution >= 0.6 is 23.2 Å². The maximum absolute atomic E-state index is 10.6. The molecular formula is C7H8Cl2O2. The lowest BCUT2D eigenvalue weighted by atomic mass is 9.98. The summed E-state index contributed by atoms with van der Waals surface area (Å²) in [5, 5.41) is 8.68. The standard InChI is InChI=1S/C7H8Cl2O2/c8-6(9)4-2-1-3-5(4)7(10)11/h1-2,4-6H,3H2,(H,10,11)/t4-,5+/m0/s1. The maximum atomic E-state index is 10.6. The van der Waals surface area contributed by atoms with Crippen molar-refractivity contribution in [1.29, 1.82) is 0 Å². The quantitative estimate of drug-likeness (QED) is 0.540. The highest BCUT2D eigenvalue weighted by atomic mass is 35.5. The topological polar surface area (TPSA) is 37.3 Å². The Balaban J connectivity index is 2.63.